The van der Waals surface area contributed by atoms with E-state index in [9.17, 15) is 9.59 Å². The Morgan fingerprint density at radius 3 is 2.57 bits per heavy atom. The van der Waals surface area contributed by atoms with E-state index >= 15 is 0 Å². The van der Waals surface area contributed by atoms with Crippen LogP contribution in [0.3, 0.4) is 0 Å². The van der Waals surface area contributed by atoms with E-state index in [0.29, 0.717) is 47.4 Å². The van der Waals surface area contributed by atoms with E-state index < -0.39 is 0 Å². The first kappa shape index (κ1) is 21.0. The second-order valence-corrected chi connectivity index (χ2v) is 6.53. The van der Waals surface area contributed by atoms with E-state index in [-0.39, 0.29) is 18.4 Å². The molecule has 156 valence electrons. The summed E-state index contributed by atoms with van der Waals surface area (Å²) in [4.78, 5) is 31.2. The molecule has 0 spiro atoms. The molecule has 2 aromatic carbocycles. The maximum atomic E-state index is 12.8. The molecule has 30 heavy (non-hydrogen) atoms. The number of hydrogen-bond donors (Lipinski definition) is 1. The van der Waals surface area contributed by atoms with Gasteiger partial charge in [0.05, 0.1) is 5.56 Å². The van der Waals surface area contributed by atoms with Gasteiger partial charge in [0.15, 0.2) is 6.61 Å². The minimum atomic E-state index is -0.345. The van der Waals surface area contributed by atoms with Gasteiger partial charge in [-0.25, -0.2) is 0 Å². The fourth-order valence-corrected chi connectivity index (χ4v) is 2.94. The average molecular weight is 408 g/mol. The van der Waals surface area contributed by atoms with Gasteiger partial charge in [0.25, 0.3) is 11.8 Å². The van der Waals surface area contributed by atoms with Crippen LogP contribution in [0.2, 0.25) is 0 Å². The van der Waals surface area contributed by atoms with Gasteiger partial charge in [-0.2, -0.15) is 4.98 Å². The molecular weight excluding hydrogens is 384 g/mol. The van der Waals surface area contributed by atoms with Gasteiger partial charge in [0.1, 0.15) is 5.75 Å². The molecular formula is C22H24N4O4. The lowest BCUT2D eigenvalue weighted by molar-refractivity contribution is 0.0772. The molecule has 3 aromatic rings. The second-order valence-electron chi connectivity index (χ2n) is 6.53. The van der Waals surface area contributed by atoms with Gasteiger partial charge in [-0.1, -0.05) is 23.4 Å². The molecule has 0 aliphatic carbocycles. The van der Waals surface area contributed by atoms with Gasteiger partial charge < -0.3 is 19.5 Å². The number of benzene rings is 2. The molecule has 0 aliphatic rings. The lowest BCUT2D eigenvalue weighted by atomic mass is 10.1. The van der Waals surface area contributed by atoms with Crippen LogP contribution < -0.4 is 10.1 Å². The molecule has 1 heterocycles. The zero-order chi connectivity index (χ0) is 21.5. The molecule has 0 aliphatic heterocycles. The third-order valence-electron chi connectivity index (χ3n) is 4.48. The number of rotatable bonds is 8. The van der Waals surface area contributed by atoms with Crippen molar-refractivity contribution in [3.63, 3.8) is 0 Å². The highest BCUT2D eigenvalue weighted by Gasteiger charge is 2.16. The number of para-hydroxylation sites is 1. The third kappa shape index (κ3) is 5.02. The SMILES string of the molecule is CCN(CC)C(=O)c1cccc(NC(=O)c2ccccc2OCc2noc(C)n2)c1. The Morgan fingerprint density at radius 1 is 1.10 bits per heavy atom. The van der Waals surface area contributed by atoms with Gasteiger partial charge in [-0.05, 0) is 44.2 Å². The number of nitrogens with zero attached hydrogens (tertiary/aromatic N) is 3. The van der Waals surface area contributed by atoms with Crippen molar-refractivity contribution < 1.29 is 18.8 Å². The van der Waals surface area contributed by atoms with Crippen LogP contribution in [-0.4, -0.2) is 39.9 Å². The van der Waals surface area contributed by atoms with E-state index in [2.05, 4.69) is 15.5 Å². The Kier molecular flexibility index (Phi) is 6.79. The average Bonchev–Trinajstić information content (AvgIpc) is 3.18. The van der Waals surface area contributed by atoms with E-state index in [1.165, 1.54) is 0 Å². The van der Waals surface area contributed by atoms with Gasteiger partial charge in [-0.3, -0.25) is 9.59 Å². The van der Waals surface area contributed by atoms with Gasteiger partial charge in [0.2, 0.25) is 11.7 Å². The highest BCUT2D eigenvalue weighted by molar-refractivity contribution is 6.06. The van der Waals surface area contributed by atoms with Crippen molar-refractivity contribution in [3.05, 3.63) is 71.4 Å². The minimum Gasteiger partial charge on any atom is -0.485 e. The first-order valence-corrected chi connectivity index (χ1v) is 9.73. The van der Waals surface area contributed by atoms with Crippen molar-refractivity contribution in [2.24, 2.45) is 0 Å². The Balaban J connectivity index is 1.73. The predicted molar refractivity (Wildman–Crippen MR) is 111 cm³/mol. The first-order valence-electron chi connectivity index (χ1n) is 9.73. The van der Waals surface area contributed by atoms with Crippen LogP contribution in [0.15, 0.2) is 53.1 Å². The van der Waals surface area contributed by atoms with E-state index in [0.717, 1.165) is 0 Å². The molecule has 0 bridgehead atoms. The summed E-state index contributed by atoms with van der Waals surface area (Å²) in [5.41, 5.74) is 1.41. The summed E-state index contributed by atoms with van der Waals surface area (Å²) in [6.45, 7) is 6.87. The van der Waals surface area contributed by atoms with Crippen LogP contribution in [0, 0.1) is 6.92 Å². The molecule has 0 unspecified atom stereocenters. The second kappa shape index (κ2) is 9.69. The first-order chi connectivity index (χ1) is 14.5. The topological polar surface area (TPSA) is 97.6 Å². The number of aryl methyl sites for hydroxylation is 1. The highest BCUT2D eigenvalue weighted by atomic mass is 16.5. The maximum Gasteiger partial charge on any atom is 0.259 e. The zero-order valence-corrected chi connectivity index (χ0v) is 17.2. The maximum absolute atomic E-state index is 12.8. The number of carbonyl (C=O) groups is 2. The van der Waals surface area contributed by atoms with Crippen LogP contribution in [-0.2, 0) is 6.61 Å². The molecule has 0 saturated carbocycles. The molecule has 8 heteroatoms. The molecule has 0 fully saturated rings. The summed E-state index contributed by atoms with van der Waals surface area (Å²) < 4.78 is 10.6. The fourth-order valence-electron chi connectivity index (χ4n) is 2.94. The minimum absolute atomic E-state index is 0.0739. The molecule has 0 atom stereocenters. The largest absolute Gasteiger partial charge is 0.485 e. The zero-order valence-electron chi connectivity index (χ0n) is 17.2. The summed E-state index contributed by atoms with van der Waals surface area (Å²) in [5, 5.41) is 6.61. The fraction of sp³-hybridized carbons (Fsp3) is 0.273. The Labute approximate surface area is 174 Å². The summed E-state index contributed by atoms with van der Waals surface area (Å²) in [6, 6.07) is 13.8. The Hall–Kier alpha value is -3.68. The number of nitrogens with one attached hydrogen (secondary N) is 1. The van der Waals surface area contributed by atoms with Gasteiger partial charge in [0, 0.05) is 31.3 Å². The third-order valence-corrected chi connectivity index (χ3v) is 4.48. The highest BCUT2D eigenvalue weighted by Crippen LogP contribution is 2.21. The van der Waals surface area contributed by atoms with Crippen molar-refractivity contribution in [2.75, 3.05) is 18.4 Å². The summed E-state index contributed by atoms with van der Waals surface area (Å²) in [6.07, 6.45) is 0. The van der Waals surface area contributed by atoms with E-state index in [1.54, 1.807) is 60.4 Å². The summed E-state index contributed by atoms with van der Waals surface area (Å²) in [5.74, 6) is 0.814. The number of carbonyl (C=O) groups excluding carboxylic acids is 2. The molecule has 0 radical (unpaired) electrons. The number of amides is 2. The van der Waals surface area contributed by atoms with E-state index in [4.69, 9.17) is 9.26 Å². The molecule has 8 nitrogen and oxygen atoms in total. The molecule has 3 rings (SSSR count). The monoisotopic (exact) mass is 408 g/mol. The van der Waals surface area contributed by atoms with Crippen LogP contribution in [0.25, 0.3) is 0 Å². The van der Waals surface area contributed by atoms with Gasteiger partial charge >= 0.3 is 0 Å². The lowest BCUT2D eigenvalue weighted by Crippen LogP contribution is -2.30. The number of hydrogen-bond acceptors (Lipinski definition) is 6. The van der Waals surface area contributed by atoms with Gasteiger partial charge in [-0.15, -0.1) is 0 Å². The Bertz CT molecular complexity index is 1030. The van der Waals surface area contributed by atoms with Crippen molar-refractivity contribution in [1.82, 2.24) is 15.0 Å². The van der Waals surface area contributed by atoms with E-state index in [1.807, 2.05) is 13.8 Å². The summed E-state index contributed by atoms with van der Waals surface area (Å²) >= 11 is 0. The summed E-state index contributed by atoms with van der Waals surface area (Å²) in [7, 11) is 0. The molecule has 2 amide bonds. The van der Waals surface area contributed by atoms with Crippen LogP contribution >= 0.6 is 0 Å². The number of aromatic nitrogens is 2. The number of ether oxygens (including phenoxy) is 1. The molecule has 1 N–H and O–H groups in total. The van der Waals surface area contributed by atoms with Crippen LogP contribution in [0.4, 0.5) is 5.69 Å². The Morgan fingerprint density at radius 2 is 1.87 bits per heavy atom. The molecule has 0 saturated heterocycles. The smallest absolute Gasteiger partial charge is 0.259 e. The quantitative estimate of drug-likeness (QED) is 0.610. The standard InChI is InChI=1S/C22H24N4O4/c1-4-26(5-2)22(28)16-9-8-10-17(13-16)24-21(27)18-11-6-7-12-19(18)29-14-20-23-15(3)30-25-20/h6-13H,4-5,14H2,1-3H3,(H,24,27). The predicted octanol–water partition coefficient (Wildman–Crippen LogP) is 3.69. The normalized spacial score (nSPS) is 10.5. The van der Waals surface area contributed by atoms with Crippen molar-refractivity contribution in [3.8, 4) is 5.75 Å². The van der Waals surface area contributed by atoms with Crippen molar-refractivity contribution >= 4 is 17.5 Å². The van der Waals surface area contributed by atoms with Crippen molar-refractivity contribution in [2.45, 2.75) is 27.4 Å². The number of anilines is 1. The van der Waals surface area contributed by atoms with Crippen LogP contribution in [0.5, 0.6) is 5.75 Å². The lowest BCUT2D eigenvalue weighted by Gasteiger charge is -2.19. The molecule has 1 aromatic heterocycles. The van der Waals surface area contributed by atoms with Crippen molar-refractivity contribution in [1.29, 1.82) is 0 Å². The van der Waals surface area contributed by atoms with Crippen LogP contribution in [0.1, 0.15) is 46.3 Å².